The first-order valence-corrected chi connectivity index (χ1v) is 10.5. The molecule has 0 aliphatic carbocycles. The van der Waals surface area contributed by atoms with Crippen LogP contribution in [0.15, 0.2) is 82.2 Å². The van der Waals surface area contributed by atoms with Gasteiger partial charge in [0.05, 0.1) is 23.9 Å². The average Bonchev–Trinajstić information content (AvgIpc) is 3.50. The van der Waals surface area contributed by atoms with Crippen molar-refractivity contribution < 1.29 is 18.8 Å². The third-order valence-corrected chi connectivity index (χ3v) is 5.20. The first-order valence-electron chi connectivity index (χ1n) is 10.5. The van der Waals surface area contributed by atoms with Gasteiger partial charge >= 0.3 is 11.7 Å². The molecule has 0 bridgehead atoms. The minimum absolute atomic E-state index is 0.183. The number of nitrogens with one attached hydrogen (secondary N) is 1. The molecule has 0 saturated heterocycles. The van der Waals surface area contributed by atoms with Crippen LogP contribution < -0.4 is 11.0 Å². The van der Waals surface area contributed by atoms with E-state index in [2.05, 4.69) is 20.6 Å². The number of benzene rings is 2. The Morgan fingerprint density at radius 1 is 1.03 bits per heavy atom. The molecule has 11 nitrogen and oxygen atoms in total. The highest BCUT2D eigenvalue weighted by Gasteiger charge is 2.19. The van der Waals surface area contributed by atoms with Crippen LogP contribution in [0.1, 0.15) is 10.4 Å². The molecule has 0 aliphatic rings. The van der Waals surface area contributed by atoms with Gasteiger partial charge in [0.1, 0.15) is 6.54 Å². The zero-order valence-electron chi connectivity index (χ0n) is 18.4. The number of methoxy groups -OCH3 is 1. The third kappa shape index (κ3) is 4.17. The Bertz CT molecular complexity index is 1600. The lowest BCUT2D eigenvalue weighted by molar-refractivity contribution is -0.117. The molecule has 5 rings (SSSR count). The summed E-state index contributed by atoms with van der Waals surface area (Å²) in [4.78, 5) is 41.9. The molecule has 174 valence electrons. The van der Waals surface area contributed by atoms with E-state index in [1.165, 1.54) is 23.8 Å². The second kappa shape index (κ2) is 9.06. The van der Waals surface area contributed by atoms with Crippen LogP contribution in [0.5, 0.6) is 0 Å². The van der Waals surface area contributed by atoms with Crippen molar-refractivity contribution in [3.63, 3.8) is 0 Å². The Balaban J connectivity index is 1.44. The van der Waals surface area contributed by atoms with E-state index >= 15 is 0 Å². The van der Waals surface area contributed by atoms with Crippen LogP contribution >= 0.6 is 0 Å². The van der Waals surface area contributed by atoms with Crippen LogP contribution in [-0.4, -0.2) is 43.3 Å². The van der Waals surface area contributed by atoms with Crippen molar-refractivity contribution in [2.75, 3.05) is 12.4 Å². The fourth-order valence-electron chi connectivity index (χ4n) is 3.55. The first kappa shape index (κ1) is 21.8. The fourth-order valence-corrected chi connectivity index (χ4v) is 3.55. The molecule has 0 fully saturated rings. The number of amides is 1. The van der Waals surface area contributed by atoms with Gasteiger partial charge in [0.2, 0.25) is 11.7 Å². The molecule has 0 radical (unpaired) electrons. The molecular weight excluding hydrogens is 452 g/mol. The summed E-state index contributed by atoms with van der Waals surface area (Å²) in [6.45, 7) is -0.380. The molecule has 0 saturated carbocycles. The number of rotatable bonds is 6. The van der Waals surface area contributed by atoms with Gasteiger partial charge in [-0.25, -0.2) is 18.7 Å². The van der Waals surface area contributed by atoms with E-state index < -0.39 is 17.6 Å². The lowest BCUT2D eigenvalue weighted by Gasteiger charge is -2.09. The van der Waals surface area contributed by atoms with Crippen molar-refractivity contribution >= 4 is 23.2 Å². The molecule has 3 aromatic heterocycles. The summed E-state index contributed by atoms with van der Waals surface area (Å²) < 4.78 is 12.5. The summed E-state index contributed by atoms with van der Waals surface area (Å²) in [7, 11) is 1.25. The van der Waals surface area contributed by atoms with Crippen molar-refractivity contribution in [1.82, 2.24) is 24.3 Å². The Kier molecular flexibility index (Phi) is 5.63. The van der Waals surface area contributed by atoms with Crippen molar-refractivity contribution in [2.24, 2.45) is 0 Å². The van der Waals surface area contributed by atoms with E-state index in [4.69, 9.17) is 9.26 Å². The van der Waals surface area contributed by atoms with Gasteiger partial charge < -0.3 is 14.6 Å². The number of esters is 1. The largest absolute Gasteiger partial charge is 0.465 e. The topological polar surface area (TPSA) is 134 Å². The summed E-state index contributed by atoms with van der Waals surface area (Å²) in [6, 6.07) is 19.1. The first-order chi connectivity index (χ1) is 17.0. The smallest absolute Gasteiger partial charge is 0.350 e. The van der Waals surface area contributed by atoms with Gasteiger partial charge in [-0.3, -0.25) is 4.79 Å². The van der Waals surface area contributed by atoms with Gasteiger partial charge in [-0.15, -0.1) is 5.10 Å². The molecule has 11 heteroatoms. The summed E-state index contributed by atoms with van der Waals surface area (Å²) in [5.74, 6) is -0.557. The van der Waals surface area contributed by atoms with Gasteiger partial charge in [0, 0.05) is 11.8 Å². The van der Waals surface area contributed by atoms with Crippen LogP contribution in [0.2, 0.25) is 0 Å². The molecule has 0 atom stereocenters. The van der Waals surface area contributed by atoms with Crippen LogP contribution in [0, 0.1) is 0 Å². The Morgan fingerprint density at radius 3 is 2.60 bits per heavy atom. The molecule has 1 amide bonds. The molecule has 5 aromatic rings. The number of aromatic nitrogens is 5. The summed E-state index contributed by atoms with van der Waals surface area (Å²) >= 11 is 0. The maximum atomic E-state index is 12.9. The number of carbonyl (C=O) groups is 2. The third-order valence-electron chi connectivity index (χ3n) is 5.20. The van der Waals surface area contributed by atoms with E-state index in [0.29, 0.717) is 11.4 Å². The second-order valence-electron chi connectivity index (χ2n) is 7.43. The van der Waals surface area contributed by atoms with Gasteiger partial charge in [-0.1, -0.05) is 47.6 Å². The average molecular weight is 470 g/mol. The molecular formula is C24H18N6O5. The van der Waals surface area contributed by atoms with Gasteiger partial charge in [0.15, 0.2) is 5.65 Å². The van der Waals surface area contributed by atoms with Crippen LogP contribution in [-0.2, 0) is 16.1 Å². The molecule has 0 spiro atoms. The maximum Gasteiger partial charge on any atom is 0.350 e. The van der Waals surface area contributed by atoms with Crippen molar-refractivity contribution in [3.8, 4) is 22.8 Å². The number of fused-ring (bicyclic) bond motifs is 1. The summed E-state index contributed by atoms with van der Waals surface area (Å²) in [6.07, 6.45) is 1.53. The number of para-hydroxylation sites is 1. The van der Waals surface area contributed by atoms with E-state index in [1.807, 2.05) is 30.3 Å². The molecule has 3 heterocycles. The predicted octanol–water partition coefficient (Wildman–Crippen LogP) is 2.64. The zero-order valence-corrected chi connectivity index (χ0v) is 18.4. The number of hydrogen-bond acceptors (Lipinski definition) is 8. The number of hydrogen-bond donors (Lipinski definition) is 1. The van der Waals surface area contributed by atoms with Gasteiger partial charge in [0.25, 0.3) is 5.89 Å². The standard InChI is InChI=1S/C24H18N6O5/c1-34-23(32)16-10-5-6-12-18(16)25-19(31)14-30-24(33)29-13-7-11-17(21(29)27-30)22-26-20(28-35-22)15-8-3-2-4-9-15/h2-13H,14H2,1H3,(H,25,31). The minimum atomic E-state index is -0.593. The summed E-state index contributed by atoms with van der Waals surface area (Å²) in [5.41, 5.74) is 1.40. The quantitative estimate of drug-likeness (QED) is 0.375. The van der Waals surface area contributed by atoms with E-state index in [0.717, 1.165) is 10.2 Å². The highest BCUT2D eigenvalue weighted by atomic mass is 16.5. The normalized spacial score (nSPS) is 10.9. The van der Waals surface area contributed by atoms with Gasteiger partial charge in [-0.05, 0) is 24.3 Å². The molecule has 0 unspecified atom stereocenters. The van der Waals surface area contributed by atoms with Crippen molar-refractivity contribution in [1.29, 1.82) is 0 Å². The Morgan fingerprint density at radius 2 is 1.80 bits per heavy atom. The number of pyridine rings is 1. The highest BCUT2D eigenvalue weighted by molar-refractivity contribution is 6.01. The van der Waals surface area contributed by atoms with Gasteiger partial charge in [-0.2, -0.15) is 4.98 Å². The number of nitrogens with zero attached hydrogens (tertiary/aromatic N) is 5. The monoisotopic (exact) mass is 470 g/mol. The minimum Gasteiger partial charge on any atom is -0.465 e. The van der Waals surface area contributed by atoms with Crippen LogP contribution in [0.4, 0.5) is 5.69 Å². The predicted molar refractivity (Wildman–Crippen MR) is 125 cm³/mol. The molecule has 1 N–H and O–H groups in total. The Labute approximate surface area is 197 Å². The molecule has 0 aliphatic heterocycles. The number of carbonyl (C=O) groups excluding carboxylic acids is 2. The Hall–Kier alpha value is -5.06. The zero-order chi connectivity index (χ0) is 24.4. The highest BCUT2D eigenvalue weighted by Crippen LogP contribution is 2.24. The molecule has 35 heavy (non-hydrogen) atoms. The summed E-state index contributed by atoms with van der Waals surface area (Å²) in [5, 5.41) is 11.0. The van der Waals surface area contributed by atoms with E-state index in [1.54, 1.807) is 30.3 Å². The second-order valence-corrected chi connectivity index (χ2v) is 7.43. The SMILES string of the molecule is COC(=O)c1ccccc1NC(=O)Cn1nc2c(-c3nc(-c4ccccc4)no3)cccn2c1=O. The number of anilines is 1. The van der Waals surface area contributed by atoms with Crippen LogP contribution in [0.3, 0.4) is 0 Å². The lowest BCUT2D eigenvalue weighted by atomic mass is 10.2. The maximum absolute atomic E-state index is 12.9. The number of ether oxygens (including phenoxy) is 1. The van der Waals surface area contributed by atoms with E-state index in [-0.39, 0.29) is 29.3 Å². The van der Waals surface area contributed by atoms with Crippen molar-refractivity contribution in [2.45, 2.75) is 6.54 Å². The molecule has 2 aromatic carbocycles. The van der Waals surface area contributed by atoms with Crippen LogP contribution in [0.25, 0.3) is 28.5 Å². The van der Waals surface area contributed by atoms with Crippen molar-refractivity contribution in [3.05, 3.63) is 89.0 Å². The fraction of sp³-hybridized carbons (Fsp3) is 0.0833. The van der Waals surface area contributed by atoms with E-state index in [9.17, 15) is 14.4 Å². The lowest BCUT2D eigenvalue weighted by Crippen LogP contribution is -2.28.